The first kappa shape index (κ1) is 13.6. The molecular weight excluding hydrogens is 260 g/mol. The molecule has 0 atom stereocenters. The molecule has 2 aromatic carbocycles. The highest BCUT2D eigenvalue weighted by Crippen LogP contribution is 2.34. The third-order valence-corrected chi connectivity index (χ3v) is 3.60. The zero-order valence-electron chi connectivity index (χ0n) is 11.2. The quantitative estimate of drug-likeness (QED) is 0.828. The smallest absolute Gasteiger partial charge is 0.123 e. The van der Waals surface area contributed by atoms with Crippen molar-refractivity contribution >= 4 is 11.8 Å². The molecule has 4 heteroatoms. The van der Waals surface area contributed by atoms with Gasteiger partial charge in [-0.1, -0.05) is 11.8 Å². The van der Waals surface area contributed by atoms with Gasteiger partial charge >= 0.3 is 0 Å². The van der Waals surface area contributed by atoms with Crippen LogP contribution in [0.2, 0.25) is 0 Å². The lowest BCUT2D eigenvalue weighted by Crippen LogP contribution is -1.88. The van der Waals surface area contributed by atoms with Crippen LogP contribution in [0.1, 0.15) is 0 Å². The summed E-state index contributed by atoms with van der Waals surface area (Å²) in [5.74, 6) is 2.43. The fourth-order valence-electron chi connectivity index (χ4n) is 1.62. The largest absolute Gasteiger partial charge is 0.497 e. The van der Waals surface area contributed by atoms with Crippen molar-refractivity contribution in [2.45, 2.75) is 9.79 Å². The first-order valence-electron chi connectivity index (χ1n) is 5.80. The van der Waals surface area contributed by atoms with Crippen molar-refractivity contribution in [1.29, 1.82) is 0 Å². The summed E-state index contributed by atoms with van der Waals surface area (Å²) in [6, 6.07) is 13.8. The maximum Gasteiger partial charge on any atom is 0.123 e. The lowest BCUT2D eigenvalue weighted by atomic mass is 10.3. The molecule has 0 aliphatic carbocycles. The Morgan fingerprint density at radius 3 is 1.63 bits per heavy atom. The van der Waals surface area contributed by atoms with Gasteiger partial charge in [0, 0.05) is 15.9 Å². The Morgan fingerprint density at radius 1 is 0.632 bits per heavy atom. The molecule has 0 radical (unpaired) electrons. The van der Waals surface area contributed by atoms with E-state index in [0.717, 1.165) is 27.0 Å². The molecule has 0 aliphatic rings. The average Bonchev–Trinajstić information content (AvgIpc) is 2.47. The molecule has 0 saturated heterocycles. The number of hydrogen-bond acceptors (Lipinski definition) is 4. The highest BCUT2D eigenvalue weighted by Gasteiger charge is 2.04. The molecule has 0 heterocycles. The average molecular weight is 276 g/mol. The number of hydrogen-bond donors (Lipinski definition) is 0. The van der Waals surface area contributed by atoms with Gasteiger partial charge in [-0.15, -0.1) is 0 Å². The van der Waals surface area contributed by atoms with Crippen molar-refractivity contribution in [2.24, 2.45) is 0 Å². The molecule has 3 nitrogen and oxygen atoms in total. The van der Waals surface area contributed by atoms with E-state index in [2.05, 4.69) is 0 Å². The molecule has 0 spiro atoms. The van der Waals surface area contributed by atoms with E-state index in [1.807, 2.05) is 42.5 Å². The summed E-state index contributed by atoms with van der Waals surface area (Å²) in [6.07, 6.45) is 0. The van der Waals surface area contributed by atoms with E-state index in [-0.39, 0.29) is 0 Å². The van der Waals surface area contributed by atoms with Gasteiger partial charge in [-0.3, -0.25) is 0 Å². The standard InChI is InChI=1S/C15H16O3S/c1-16-11-4-6-14(7-5-11)19-15-9-12(17-2)8-13(10-15)18-3/h4-10H,1-3H3. The maximum atomic E-state index is 5.26. The zero-order valence-corrected chi connectivity index (χ0v) is 12.0. The molecule has 0 unspecified atom stereocenters. The molecule has 0 aromatic heterocycles. The molecule has 2 aromatic rings. The third-order valence-electron chi connectivity index (χ3n) is 2.62. The minimum Gasteiger partial charge on any atom is -0.497 e. The van der Waals surface area contributed by atoms with Crippen LogP contribution in [0.5, 0.6) is 17.2 Å². The molecule has 0 bridgehead atoms. The lowest BCUT2D eigenvalue weighted by Gasteiger charge is -2.08. The van der Waals surface area contributed by atoms with E-state index in [0.29, 0.717) is 0 Å². The van der Waals surface area contributed by atoms with Gasteiger partial charge in [-0.05, 0) is 36.4 Å². The van der Waals surface area contributed by atoms with Crippen LogP contribution in [0.3, 0.4) is 0 Å². The summed E-state index contributed by atoms with van der Waals surface area (Å²) in [4.78, 5) is 2.21. The van der Waals surface area contributed by atoms with Gasteiger partial charge in [0.2, 0.25) is 0 Å². The van der Waals surface area contributed by atoms with Gasteiger partial charge in [0.05, 0.1) is 21.3 Å². The number of methoxy groups -OCH3 is 3. The van der Waals surface area contributed by atoms with Crippen molar-refractivity contribution in [2.75, 3.05) is 21.3 Å². The molecule has 2 rings (SSSR count). The molecule has 0 aliphatic heterocycles. The van der Waals surface area contributed by atoms with Crippen LogP contribution >= 0.6 is 11.8 Å². The van der Waals surface area contributed by atoms with Crippen LogP contribution in [0.4, 0.5) is 0 Å². The van der Waals surface area contributed by atoms with E-state index < -0.39 is 0 Å². The molecule has 100 valence electrons. The second-order valence-corrected chi connectivity index (χ2v) is 4.97. The van der Waals surface area contributed by atoms with E-state index in [1.165, 1.54) is 0 Å². The van der Waals surface area contributed by atoms with Crippen molar-refractivity contribution < 1.29 is 14.2 Å². The lowest BCUT2D eigenvalue weighted by molar-refractivity contribution is 0.392. The molecule has 0 saturated carbocycles. The number of benzene rings is 2. The van der Waals surface area contributed by atoms with Crippen LogP contribution in [-0.2, 0) is 0 Å². The van der Waals surface area contributed by atoms with Gasteiger partial charge in [-0.25, -0.2) is 0 Å². The molecular formula is C15H16O3S. The predicted molar refractivity (Wildman–Crippen MR) is 76.7 cm³/mol. The minimum atomic E-state index is 0.787. The summed E-state index contributed by atoms with van der Waals surface area (Å²) >= 11 is 1.65. The van der Waals surface area contributed by atoms with Gasteiger partial charge in [-0.2, -0.15) is 0 Å². The molecule has 0 fully saturated rings. The second-order valence-electron chi connectivity index (χ2n) is 3.83. The third kappa shape index (κ3) is 3.58. The minimum absolute atomic E-state index is 0.787. The van der Waals surface area contributed by atoms with Gasteiger partial charge in [0.25, 0.3) is 0 Å². The summed E-state index contributed by atoms with van der Waals surface area (Å²) in [7, 11) is 4.96. The summed E-state index contributed by atoms with van der Waals surface area (Å²) in [5.41, 5.74) is 0. The van der Waals surface area contributed by atoms with Crippen molar-refractivity contribution in [3.05, 3.63) is 42.5 Å². The maximum absolute atomic E-state index is 5.26. The number of rotatable bonds is 5. The number of ether oxygens (including phenoxy) is 3. The highest BCUT2D eigenvalue weighted by atomic mass is 32.2. The van der Waals surface area contributed by atoms with E-state index in [4.69, 9.17) is 14.2 Å². The van der Waals surface area contributed by atoms with E-state index in [1.54, 1.807) is 33.1 Å². The fourth-order valence-corrected chi connectivity index (χ4v) is 2.51. The Hall–Kier alpha value is -1.81. The normalized spacial score (nSPS) is 10.1. The Balaban J connectivity index is 2.21. The Morgan fingerprint density at radius 2 is 1.16 bits per heavy atom. The Labute approximate surface area is 117 Å². The van der Waals surface area contributed by atoms with Crippen molar-refractivity contribution in [3.8, 4) is 17.2 Å². The first-order chi connectivity index (χ1) is 9.25. The molecule has 19 heavy (non-hydrogen) atoms. The highest BCUT2D eigenvalue weighted by molar-refractivity contribution is 7.99. The second kappa shape index (κ2) is 6.38. The molecule has 0 amide bonds. The predicted octanol–water partition coefficient (Wildman–Crippen LogP) is 3.86. The summed E-state index contributed by atoms with van der Waals surface area (Å²) < 4.78 is 15.7. The summed E-state index contributed by atoms with van der Waals surface area (Å²) in [5, 5.41) is 0. The van der Waals surface area contributed by atoms with Crippen molar-refractivity contribution in [3.63, 3.8) is 0 Å². The van der Waals surface area contributed by atoms with Gasteiger partial charge in [0.1, 0.15) is 17.2 Å². The van der Waals surface area contributed by atoms with E-state index >= 15 is 0 Å². The SMILES string of the molecule is COc1ccc(Sc2cc(OC)cc(OC)c2)cc1. The summed E-state index contributed by atoms with van der Waals surface area (Å²) in [6.45, 7) is 0. The van der Waals surface area contributed by atoms with Crippen molar-refractivity contribution in [1.82, 2.24) is 0 Å². The van der Waals surface area contributed by atoms with Gasteiger partial charge in [0.15, 0.2) is 0 Å². The van der Waals surface area contributed by atoms with E-state index in [9.17, 15) is 0 Å². The zero-order chi connectivity index (χ0) is 13.7. The van der Waals surface area contributed by atoms with Crippen LogP contribution in [0.15, 0.2) is 52.3 Å². The topological polar surface area (TPSA) is 27.7 Å². The Kier molecular flexibility index (Phi) is 4.58. The fraction of sp³-hybridized carbons (Fsp3) is 0.200. The van der Waals surface area contributed by atoms with Crippen LogP contribution < -0.4 is 14.2 Å². The van der Waals surface area contributed by atoms with Gasteiger partial charge < -0.3 is 14.2 Å². The van der Waals surface area contributed by atoms with Crippen LogP contribution in [0.25, 0.3) is 0 Å². The van der Waals surface area contributed by atoms with Crippen LogP contribution in [0, 0.1) is 0 Å². The monoisotopic (exact) mass is 276 g/mol. The van der Waals surface area contributed by atoms with Crippen LogP contribution in [-0.4, -0.2) is 21.3 Å². The Bertz CT molecular complexity index is 515. The first-order valence-corrected chi connectivity index (χ1v) is 6.62. The molecule has 0 N–H and O–H groups in total.